The Morgan fingerprint density at radius 1 is 1.16 bits per heavy atom. The number of hydrogen-bond acceptors (Lipinski definition) is 4. The van der Waals surface area contributed by atoms with Gasteiger partial charge in [0.05, 0.1) is 11.6 Å². The van der Waals surface area contributed by atoms with Gasteiger partial charge < -0.3 is 10.2 Å². The van der Waals surface area contributed by atoms with Crippen LogP contribution in [0.15, 0.2) is 42.5 Å². The number of hydrogen-bond donors (Lipinski definition) is 1. The van der Waals surface area contributed by atoms with Gasteiger partial charge in [0, 0.05) is 52.6 Å². The van der Waals surface area contributed by atoms with E-state index in [-0.39, 0.29) is 42.8 Å². The first-order valence-electron chi connectivity index (χ1n) is 9.99. The highest BCUT2D eigenvalue weighted by molar-refractivity contribution is 5.88. The van der Waals surface area contributed by atoms with Crippen LogP contribution in [0.4, 0.5) is 4.39 Å². The van der Waals surface area contributed by atoms with Crippen LogP contribution in [0, 0.1) is 17.1 Å². The van der Waals surface area contributed by atoms with Crippen molar-refractivity contribution in [1.82, 2.24) is 15.1 Å². The molecule has 8 heteroatoms. The maximum absolute atomic E-state index is 13.8. The number of benzene rings is 2. The number of amides is 1. The molecule has 166 valence electrons. The summed E-state index contributed by atoms with van der Waals surface area (Å²) in [7, 11) is 1.77. The van der Waals surface area contributed by atoms with Crippen molar-refractivity contribution in [3.8, 4) is 6.07 Å². The largest absolute Gasteiger partial charge is 0.340 e. The molecule has 5 nitrogen and oxygen atoms in total. The van der Waals surface area contributed by atoms with Crippen LogP contribution in [0.25, 0.3) is 0 Å². The molecule has 0 aromatic heterocycles. The van der Waals surface area contributed by atoms with E-state index >= 15 is 0 Å². The number of nitrogens with one attached hydrogen (secondary N) is 1. The molecule has 0 atom stereocenters. The zero-order chi connectivity index (χ0) is 20.4. The van der Waals surface area contributed by atoms with Gasteiger partial charge in [-0.3, -0.25) is 9.69 Å². The number of nitriles is 1. The summed E-state index contributed by atoms with van der Waals surface area (Å²) >= 11 is 0. The van der Waals surface area contributed by atoms with E-state index in [1.165, 1.54) is 23.3 Å². The van der Waals surface area contributed by atoms with E-state index in [0.717, 1.165) is 26.2 Å². The Morgan fingerprint density at radius 2 is 1.77 bits per heavy atom. The lowest BCUT2D eigenvalue weighted by atomic mass is 9.90. The van der Waals surface area contributed by atoms with Crippen molar-refractivity contribution >= 4 is 30.7 Å². The van der Waals surface area contributed by atoms with Crippen LogP contribution < -0.4 is 5.32 Å². The Labute approximate surface area is 195 Å². The van der Waals surface area contributed by atoms with Gasteiger partial charge in [-0.25, -0.2) is 4.39 Å². The van der Waals surface area contributed by atoms with E-state index in [0.29, 0.717) is 18.4 Å². The smallest absolute Gasteiger partial charge is 0.243 e. The third-order valence-electron chi connectivity index (χ3n) is 6.06. The quantitative estimate of drug-likeness (QED) is 0.755. The second kappa shape index (κ2) is 10.4. The molecule has 1 aliphatic carbocycles. The van der Waals surface area contributed by atoms with Crippen molar-refractivity contribution in [2.75, 3.05) is 33.2 Å². The molecule has 0 bridgehead atoms. The Balaban J connectivity index is 0.00000171. The predicted octanol–water partition coefficient (Wildman–Crippen LogP) is 2.94. The maximum Gasteiger partial charge on any atom is 0.243 e. The van der Waals surface area contributed by atoms with Crippen LogP contribution in [0.2, 0.25) is 0 Å². The minimum absolute atomic E-state index is 0. The average molecular weight is 465 g/mol. The Hall–Kier alpha value is -2.17. The molecule has 0 spiro atoms. The lowest BCUT2D eigenvalue weighted by Gasteiger charge is -2.44. The number of nitrogens with zero attached hydrogens (tertiary/aromatic N) is 3. The molecule has 1 aliphatic heterocycles. The van der Waals surface area contributed by atoms with Gasteiger partial charge >= 0.3 is 0 Å². The highest BCUT2D eigenvalue weighted by atomic mass is 35.5. The Bertz CT molecular complexity index is 947. The zero-order valence-electron chi connectivity index (χ0n) is 17.4. The molecule has 2 aliphatic rings. The highest BCUT2D eigenvalue weighted by Crippen LogP contribution is 2.36. The van der Waals surface area contributed by atoms with Gasteiger partial charge in [0.15, 0.2) is 0 Å². The first-order chi connectivity index (χ1) is 14.0. The SMILES string of the molecule is CN(Cc1cc(F)cc(C#N)c1)C(=O)C1(N2CCNCC2)Cc2ccccc2C1.Cl.Cl. The normalized spacial score (nSPS) is 16.9. The van der Waals surface area contributed by atoms with Crippen molar-refractivity contribution in [2.45, 2.75) is 24.9 Å². The monoisotopic (exact) mass is 464 g/mol. The molecule has 0 radical (unpaired) electrons. The van der Waals surface area contributed by atoms with Gasteiger partial charge in [0.25, 0.3) is 0 Å². The zero-order valence-corrected chi connectivity index (χ0v) is 19.1. The molecule has 2 aromatic carbocycles. The molecule has 0 saturated carbocycles. The predicted molar refractivity (Wildman–Crippen MR) is 123 cm³/mol. The van der Waals surface area contributed by atoms with Crippen LogP contribution in [0.1, 0.15) is 22.3 Å². The van der Waals surface area contributed by atoms with Crippen LogP contribution in [-0.4, -0.2) is 54.5 Å². The lowest BCUT2D eigenvalue weighted by molar-refractivity contribution is -0.144. The Kier molecular flexibility index (Phi) is 8.44. The summed E-state index contributed by atoms with van der Waals surface area (Å²) in [5, 5.41) is 12.5. The van der Waals surface area contributed by atoms with Gasteiger partial charge in [0.1, 0.15) is 11.4 Å². The van der Waals surface area contributed by atoms with Crippen LogP contribution in [0.3, 0.4) is 0 Å². The van der Waals surface area contributed by atoms with Crippen molar-refractivity contribution in [1.29, 1.82) is 5.26 Å². The summed E-state index contributed by atoms with van der Waals surface area (Å²) in [4.78, 5) is 17.8. The minimum atomic E-state index is -0.605. The number of rotatable bonds is 4. The van der Waals surface area contributed by atoms with Crippen LogP contribution >= 0.6 is 24.8 Å². The van der Waals surface area contributed by atoms with E-state index in [1.807, 2.05) is 18.2 Å². The molecule has 1 fully saturated rings. The fourth-order valence-corrected chi connectivity index (χ4v) is 4.71. The maximum atomic E-state index is 13.8. The van der Waals surface area contributed by atoms with Crippen molar-refractivity contribution in [2.24, 2.45) is 0 Å². The summed E-state index contributed by atoms with van der Waals surface area (Å²) in [6.45, 7) is 3.66. The second-order valence-electron chi connectivity index (χ2n) is 8.01. The van der Waals surface area contributed by atoms with Crippen molar-refractivity contribution < 1.29 is 9.18 Å². The number of carbonyl (C=O) groups excluding carboxylic acids is 1. The summed E-state index contributed by atoms with van der Waals surface area (Å²) in [5.41, 5.74) is 2.75. The average Bonchev–Trinajstić information content (AvgIpc) is 3.14. The number of fused-ring (bicyclic) bond motifs is 1. The molecule has 31 heavy (non-hydrogen) atoms. The topological polar surface area (TPSA) is 59.4 Å². The number of halogens is 3. The number of piperazine rings is 1. The summed E-state index contributed by atoms with van der Waals surface area (Å²) < 4.78 is 13.8. The van der Waals surface area contributed by atoms with Crippen molar-refractivity contribution in [3.63, 3.8) is 0 Å². The molecule has 0 unspecified atom stereocenters. The lowest BCUT2D eigenvalue weighted by Crippen LogP contribution is -2.63. The third kappa shape index (κ3) is 5.02. The van der Waals surface area contributed by atoms with Gasteiger partial charge in [0.2, 0.25) is 5.91 Å². The Morgan fingerprint density at radius 3 is 2.35 bits per heavy atom. The molecular formula is C23H27Cl2FN4O. The summed E-state index contributed by atoms with van der Waals surface area (Å²) in [5.74, 6) is -0.400. The van der Waals surface area contributed by atoms with E-state index < -0.39 is 11.4 Å². The van der Waals surface area contributed by atoms with Crippen LogP contribution in [-0.2, 0) is 24.2 Å². The number of carbonyl (C=O) groups is 1. The summed E-state index contributed by atoms with van der Waals surface area (Å²) in [6, 6.07) is 14.5. The van der Waals surface area contributed by atoms with Gasteiger partial charge in [-0.05, 0) is 34.9 Å². The van der Waals surface area contributed by atoms with E-state index in [9.17, 15) is 9.18 Å². The molecule has 4 rings (SSSR count). The van der Waals surface area contributed by atoms with E-state index in [1.54, 1.807) is 18.0 Å². The van der Waals surface area contributed by atoms with E-state index in [2.05, 4.69) is 22.3 Å². The van der Waals surface area contributed by atoms with E-state index in [4.69, 9.17) is 5.26 Å². The third-order valence-corrected chi connectivity index (χ3v) is 6.06. The van der Waals surface area contributed by atoms with Gasteiger partial charge in [-0.2, -0.15) is 5.26 Å². The standard InChI is InChI=1S/C23H25FN4O.2ClH/c1-27(16-18-10-17(15-25)11-21(24)12-18)22(29)23(28-8-6-26-7-9-28)13-19-4-2-3-5-20(19)14-23;;/h2-5,10-12,26H,6-9,13-14,16H2,1H3;2*1H. The summed E-state index contributed by atoms with van der Waals surface area (Å²) in [6.07, 6.45) is 1.39. The highest BCUT2D eigenvalue weighted by Gasteiger charge is 2.49. The molecule has 1 N–H and O–H groups in total. The fraction of sp³-hybridized carbons (Fsp3) is 0.391. The van der Waals surface area contributed by atoms with Crippen molar-refractivity contribution in [3.05, 3.63) is 70.5 Å². The van der Waals surface area contributed by atoms with Gasteiger partial charge in [-0.1, -0.05) is 24.3 Å². The molecular weight excluding hydrogens is 438 g/mol. The first-order valence-corrected chi connectivity index (χ1v) is 9.99. The first kappa shape index (κ1) is 25.1. The van der Waals surface area contributed by atoms with Crippen LogP contribution in [0.5, 0.6) is 0 Å². The minimum Gasteiger partial charge on any atom is -0.340 e. The molecule has 1 saturated heterocycles. The molecule has 2 aromatic rings. The molecule has 1 heterocycles. The second-order valence-corrected chi connectivity index (χ2v) is 8.01. The number of likely N-dealkylation sites (N-methyl/N-ethyl adjacent to an activating group) is 1. The van der Waals surface area contributed by atoms with Gasteiger partial charge in [-0.15, -0.1) is 24.8 Å². The molecule has 1 amide bonds. The fourth-order valence-electron chi connectivity index (χ4n) is 4.71.